The van der Waals surface area contributed by atoms with Crippen LogP contribution in [0.25, 0.3) is 0 Å². The Labute approximate surface area is 116 Å². The minimum atomic E-state index is -0.962. The molecule has 3 saturated heterocycles. The quantitative estimate of drug-likeness (QED) is 0.750. The molecule has 7 nitrogen and oxygen atoms in total. The topological polar surface area (TPSA) is 87.2 Å². The molecule has 0 radical (unpaired) electrons. The average Bonchev–Trinajstić information content (AvgIpc) is 3.04. The van der Waals surface area contributed by atoms with Crippen molar-refractivity contribution in [2.45, 2.75) is 43.9 Å². The van der Waals surface area contributed by atoms with Gasteiger partial charge in [0.25, 0.3) is 0 Å². The van der Waals surface area contributed by atoms with E-state index < -0.39 is 12.1 Å². The first-order chi connectivity index (χ1) is 9.56. The summed E-state index contributed by atoms with van der Waals surface area (Å²) in [6.45, 7) is 1.08. The number of hydrogen-bond acceptors (Lipinski definition) is 4. The summed E-state index contributed by atoms with van der Waals surface area (Å²) in [7, 11) is 0. The molecule has 7 heteroatoms. The molecule has 3 heterocycles. The highest BCUT2D eigenvalue weighted by Crippen LogP contribution is 2.26. The van der Waals surface area contributed by atoms with Gasteiger partial charge in [-0.2, -0.15) is 0 Å². The van der Waals surface area contributed by atoms with Crippen molar-refractivity contribution >= 4 is 17.8 Å². The zero-order valence-corrected chi connectivity index (χ0v) is 11.2. The Morgan fingerprint density at radius 3 is 2.80 bits per heavy atom. The fourth-order valence-electron chi connectivity index (χ4n) is 3.29. The van der Waals surface area contributed by atoms with Gasteiger partial charge in [-0.05, 0) is 25.7 Å². The third-order valence-corrected chi connectivity index (χ3v) is 4.30. The van der Waals surface area contributed by atoms with Crippen molar-refractivity contribution in [2.24, 2.45) is 0 Å². The second kappa shape index (κ2) is 5.05. The first-order valence-corrected chi connectivity index (χ1v) is 7.03. The molecule has 110 valence electrons. The lowest BCUT2D eigenvalue weighted by Crippen LogP contribution is -2.58. The van der Waals surface area contributed by atoms with E-state index in [-0.39, 0.29) is 30.5 Å². The standard InChI is InChI=1S/C13H18N2O5/c16-11-7-14(12(17)9-2-1-5-15(9)11)6-8-3-4-10(20-8)13(18)19/h8-10H,1-7H2,(H,18,19). The van der Waals surface area contributed by atoms with Crippen molar-refractivity contribution in [3.05, 3.63) is 0 Å². The van der Waals surface area contributed by atoms with Gasteiger partial charge in [-0.15, -0.1) is 0 Å². The van der Waals surface area contributed by atoms with E-state index in [1.54, 1.807) is 4.90 Å². The van der Waals surface area contributed by atoms with Crippen molar-refractivity contribution in [3.8, 4) is 0 Å². The van der Waals surface area contributed by atoms with Crippen LogP contribution >= 0.6 is 0 Å². The maximum atomic E-state index is 12.3. The molecule has 0 bridgehead atoms. The third kappa shape index (κ3) is 2.26. The van der Waals surface area contributed by atoms with Crippen LogP contribution in [0.5, 0.6) is 0 Å². The number of amides is 2. The third-order valence-electron chi connectivity index (χ3n) is 4.30. The molecule has 0 spiro atoms. The number of nitrogens with zero attached hydrogens (tertiary/aromatic N) is 2. The zero-order valence-electron chi connectivity index (χ0n) is 11.2. The number of carboxylic acids is 1. The van der Waals surface area contributed by atoms with Crippen LogP contribution in [-0.2, 0) is 19.1 Å². The number of ether oxygens (including phenoxy) is 1. The fraction of sp³-hybridized carbons (Fsp3) is 0.769. The van der Waals surface area contributed by atoms with Crippen LogP contribution < -0.4 is 0 Å². The summed E-state index contributed by atoms with van der Waals surface area (Å²) in [5, 5.41) is 8.89. The highest BCUT2D eigenvalue weighted by molar-refractivity contribution is 5.95. The molecule has 0 aromatic heterocycles. The summed E-state index contributed by atoms with van der Waals surface area (Å²) in [6.07, 6.45) is 1.62. The summed E-state index contributed by atoms with van der Waals surface area (Å²) in [4.78, 5) is 38.3. The van der Waals surface area contributed by atoms with Gasteiger partial charge in [-0.25, -0.2) is 4.79 Å². The Bertz CT molecular complexity index is 452. The number of piperazine rings is 1. The first kappa shape index (κ1) is 13.4. The van der Waals surface area contributed by atoms with Gasteiger partial charge in [-0.3, -0.25) is 9.59 Å². The molecule has 3 aliphatic rings. The van der Waals surface area contributed by atoms with E-state index in [1.807, 2.05) is 0 Å². The van der Waals surface area contributed by atoms with E-state index in [0.717, 1.165) is 12.8 Å². The van der Waals surface area contributed by atoms with Crippen LogP contribution in [0.4, 0.5) is 0 Å². The SMILES string of the molecule is O=C(O)C1CCC(CN2CC(=O)N3CCCC3C2=O)O1. The number of rotatable bonds is 3. The minimum absolute atomic E-state index is 0.0140. The average molecular weight is 282 g/mol. The predicted molar refractivity (Wildman–Crippen MR) is 66.8 cm³/mol. The van der Waals surface area contributed by atoms with Crippen LogP contribution in [0.3, 0.4) is 0 Å². The fourth-order valence-corrected chi connectivity index (χ4v) is 3.29. The highest BCUT2D eigenvalue weighted by atomic mass is 16.5. The van der Waals surface area contributed by atoms with Gasteiger partial charge in [0, 0.05) is 13.1 Å². The molecular weight excluding hydrogens is 264 g/mol. The van der Waals surface area contributed by atoms with Crippen LogP contribution in [0.2, 0.25) is 0 Å². The highest BCUT2D eigenvalue weighted by Gasteiger charge is 2.43. The van der Waals surface area contributed by atoms with Crippen LogP contribution in [-0.4, -0.2) is 70.6 Å². The number of carbonyl (C=O) groups excluding carboxylic acids is 2. The van der Waals surface area contributed by atoms with E-state index in [2.05, 4.69) is 0 Å². The van der Waals surface area contributed by atoms with Gasteiger partial charge < -0.3 is 19.6 Å². The number of carbonyl (C=O) groups is 3. The lowest BCUT2D eigenvalue weighted by atomic mass is 10.1. The normalized spacial score (nSPS) is 33.7. The van der Waals surface area contributed by atoms with Gasteiger partial charge in [0.2, 0.25) is 11.8 Å². The van der Waals surface area contributed by atoms with Gasteiger partial charge in [0.15, 0.2) is 6.10 Å². The van der Waals surface area contributed by atoms with Crippen LogP contribution in [0, 0.1) is 0 Å². The monoisotopic (exact) mass is 282 g/mol. The summed E-state index contributed by atoms with van der Waals surface area (Å²) < 4.78 is 5.40. The Balaban J connectivity index is 1.62. The van der Waals surface area contributed by atoms with E-state index in [0.29, 0.717) is 25.9 Å². The molecule has 3 rings (SSSR count). The Morgan fingerprint density at radius 2 is 2.10 bits per heavy atom. The molecule has 0 aromatic rings. The minimum Gasteiger partial charge on any atom is -0.479 e. The Kier molecular flexibility index (Phi) is 3.37. The predicted octanol–water partition coefficient (Wildman–Crippen LogP) is -0.548. The molecule has 3 unspecified atom stereocenters. The van der Waals surface area contributed by atoms with Gasteiger partial charge >= 0.3 is 5.97 Å². The molecule has 0 aliphatic carbocycles. The number of fused-ring (bicyclic) bond motifs is 1. The second-order valence-electron chi connectivity index (χ2n) is 5.63. The Hall–Kier alpha value is -1.63. The zero-order chi connectivity index (χ0) is 14.3. The van der Waals surface area contributed by atoms with Gasteiger partial charge in [-0.1, -0.05) is 0 Å². The van der Waals surface area contributed by atoms with Crippen LogP contribution in [0.15, 0.2) is 0 Å². The first-order valence-electron chi connectivity index (χ1n) is 7.03. The summed E-state index contributed by atoms with van der Waals surface area (Å²) >= 11 is 0. The molecule has 1 N–H and O–H groups in total. The Morgan fingerprint density at radius 1 is 1.30 bits per heavy atom. The molecule has 3 atom stereocenters. The van der Waals surface area contributed by atoms with Crippen molar-refractivity contribution in [1.29, 1.82) is 0 Å². The summed E-state index contributed by atoms with van der Waals surface area (Å²) in [5.74, 6) is -1.00. The summed E-state index contributed by atoms with van der Waals surface area (Å²) in [5.41, 5.74) is 0. The van der Waals surface area contributed by atoms with E-state index in [4.69, 9.17) is 9.84 Å². The van der Waals surface area contributed by atoms with Crippen molar-refractivity contribution in [1.82, 2.24) is 9.80 Å². The lowest BCUT2D eigenvalue weighted by Gasteiger charge is -2.37. The maximum Gasteiger partial charge on any atom is 0.332 e. The van der Waals surface area contributed by atoms with Crippen molar-refractivity contribution in [3.63, 3.8) is 0 Å². The van der Waals surface area contributed by atoms with Crippen molar-refractivity contribution in [2.75, 3.05) is 19.6 Å². The van der Waals surface area contributed by atoms with E-state index in [1.165, 1.54) is 4.90 Å². The molecule has 2 amide bonds. The summed E-state index contributed by atoms with van der Waals surface area (Å²) in [6, 6.07) is -0.312. The van der Waals surface area contributed by atoms with E-state index in [9.17, 15) is 14.4 Å². The van der Waals surface area contributed by atoms with Gasteiger partial charge in [0.05, 0.1) is 12.6 Å². The number of carboxylic acid groups (broad SMARTS) is 1. The van der Waals surface area contributed by atoms with E-state index >= 15 is 0 Å². The second-order valence-corrected chi connectivity index (χ2v) is 5.63. The maximum absolute atomic E-state index is 12.3. The molecule has 0 aromatic carbocycles. The molecule has 0 saturated carbocycles. The van der Waals surface area contributed by atoms with Gasteiger partial charge in [0.1, 0.15) is 6.04 Å². The molecular formula is C13H18N2O5. The lowest BCUT2D eigenvalue weighted by molar-refractivity contribution is -0.157. The smallest absolute Gasteiger partial charge is 0.332 e. The number of aliphatic carboxylic acids is 1. The van der Waals surface area contributed by atoms with Crippen LogP contribution in [0.1, 0.15) is 25.7 Å². The number of hydrogen-bond donors (Lipinski definition) is 1. The van der Waals surface area contributed by atoms with Crippen molar-refractivity contribution < 1.29 is 24.2 Å². The molecule has 20 heavy (non-hydrogen) atoms. The molecule has 3 fully saturated rings. The molecule has 3 aliphatic heterocycles. The largest absolute Gasteiger partial charge is 0.479 e.